The summed E-state index contributed by atoms with van der Waals surface area (Å²) in [5.41, 5.74) is 1.61. The van der Waals surface area contributed by atoms with Crippen LogP contribution in [-0.2, 0) is 11.3 Å². The van der Waals surface area contributed by atoms with Crippen molar-refractivity contribution in [2.24, 2.45) is 5.92 Å². The highest BCUT2D eigenvalue weighted by Gasteiger charge is 2.35. The van der Waals surface area contributed by atoms with Gasteiger partial charge in [-0.3, -0.25) is 9.59 Å². The Balaban J connectivity index is 1.45. The summed E-state index contributed by atoms with van der Waals surface area (Å²) in [6, 6.07) is 2.56. The van der Waals surface area contributed by atoms with Crippen LogP contribution in [0.3, 0.4) is 0 Å². The largest absolute Gasteiger partial charge is 0.467 e. The molecule has 11 heteroatoms. The second kappa shape index (κ2) is 10.4. The van der Waals surface area contributed by atoms with Crippen molar-refractivity contribution in [2.45, 2.75) is 64.2 Å². The van der Waals surface area contributed by atoms with E-state index in [0.717, 1.165) is 25.7 Å². The number of anilines is 1. The molecule has 0 bridgehead atoms. The van der Waals surface area contributed by atoms with E-state index in [1.165, 1.54) is 24.9 Å². The lowest BCUT2D eigenvalue weighted by atomic mass is 9.87. The molecule has 0 aromatic carbocycles. The number of pyridine rings is 2. The molecular formula is C24H26ClF3N4O3. The number of ether oxygens (including phenoxy) is 1. The number of alkyl halides is 3. The Hall–Kier alpha value is -2.88. The van der Waals surface area contributed by atoms with Crippen molar-refractivity contribution in [3.8, 4) is 5.88 Å². The van der Waals surface area contributed by atoms with Gasteiger partial charge in [-0.1, -0.05) is 30.9 Å². The zero-order chi connectivity index (χ0) is 25.2. The maximum Gasteiger partial charge on any atom is 0.422 e. The number of aromatic nitrogens is 2. The molecule has 0 radical (unpaired) electrons. The van der Waals surface area contributed by atoms with Crippen molar-refractivity contribution in [3.63, 3.8) is 0 Å². The third-order valence-corrected chi connectivity index (χ3v) is 6.75. The molecule has 1 atom stereocenters. The van der Waals surface area contributed by atoms with Gasteiger partial charge in [-0.25, -0.2) is 9.97 Å². The fraction of sp³-hybridized carbons (Fsp3) is 0.500. The number of carbonyl (C=O) groups excluding carboxylic acids is 2. The van der Waals surface area contributed by atoms with Crippen LogP contribution in [0, 0.1) is 5.92 Å². The fourth-order valence-electron chi connectivity index (χ4n) is 4.61. The predicted molar refractivity (Wildman–Crippen MR) is 123 cm³/mol. The first kappa shape index (κ1) is 25.2. The molecule has 1 saturated carbocycles. The van der Waals surface area contributed by atoms with Gasteiger partial charge < -0.3 is 15.0 Å². The summed E-state index contributed by atoms with van der Waals surface area (Å²) >= 11 is 6.08. The molecule has 188 valence electrons. The van der Waals surface area contributed by atoms with Gasteiger partial charge in [-0.15, -0.1) is 0 Å². The van der Waals surface area contributed by atoms with E-state index in [1.54, 1.807) is 17.9 Å². The van der Waals surface area contributed by atoms with E-state index in [0.29, 0.717) is 34.8 Å². The predicted octanol–water partition coefficient (Wildman–Crippen LogP) is 5.70. The molecule has 2 aromatic rings. The second-order valence-electron chi connectivity index (χ2n) is 9.01. The number of halogens is 4. The highest BCUT2D eigenvalue weighted by molar-refractivity contribution is 6.31. The van der Waals surface area contributed by atoms with Gasteiger partial charge in [-0.05, 0) is 43.4 Å². The van der Waals surface area contributed by atoms with Crippen molar-refractivity contribution in [3.05, 3.63) is 46.2 Å². The van der Waals surface area contributed by atoms with E-state index in [1.807, 2.05) is 0 Å². The molecule has 1 unspecified atom stereocenters. The van der Waals surface area contributed by atoms with Crippen molar-refractivity contribution in [2.75, 3.05) is 11.9 Å². The van der Waals surface area contributed by atoms with Gasteiger partial charge in [-0.2, -0.15) is 13.2 Å². The van der Waals surface area contributed by atoms with E-state index in [4.69, 9.17) is 11.6 Å². The van der Waals surface area contributed by atoms with Crippen LogP contribution in [0.2, 0.25) is 5.02 Å². The van der Waals surface area contributed by atoms with E-state index >= 15 is 0 Å². The topological polar surface area (TPSA) is 84.4 Å². The van der Waals surface area contributed by atoms with Crippen LogP contribution in [0.15, 0.2) is 24.5 Å². The summed E-state index contributed by atoms with van der Waals surface area (Å²) in [5, 5.41) is 2.80. The smallest absolute Gasteiger partial charge is 0.422 e. The first-order valence-corrected chi connectivity index (χ1v) is 11.9. The minimum atomic E-state index is -4.51. The lowest BCUT2D eigenvalue weighted by Gasteiger charge is -2.25. The summed E-state index contributed by atoms with van der Waals surface area (Å²) in [7, 11) is 0. The van der Waals surface area contributed by atoms with Crippen molar-refractivity contribution < 1.29 is 27.5 Å². The van der Waals surface area contributed by atoms with E-state index in [9.17, 15) is 22.8 Å². The van der Waals surface area contributed by atoms with Gasteiger partial charge in [0, 0.05) is 29.9 Å². The van der Waals surface area contributed by atoms with Crippen molar-refractivity contribution in [1.29, 1.82) is 0 Å². The van der Waals surface area contributed by atoms with Crippen LogP contribution in [0.25, 0.3) is 0 Å². The fourth-order valence-corrected chi connectivity index (χ4v) is 4.84. The third kappa shape index (κ3) is 6.04. The summed E-state index contributed by atoms with van der Waals surface area (Å²) in [6.07, 6.45) is 4.36. The summed E-state index contributed by atoms with van der Waals surface area (Å²) in [4.78, 5) is 35.5. The van der Waals surface area contributed by atoms with Gasteiger partial charge in [0.1, 0.15) is 10.8 Å². The average Bonchev–Trinajstić information content (AvgIpc) is 3.15. The number of carbonyl (C=O) groups is 2. The third-order valence-electron chi connectivity index (χ3n) is 6.48. The molecule has 4 rings (SSSR count). The standard InChI is InChI=1S/C24H26ClF3N4O3/c1-14(16-10-19(25)22(30-11-16)35-13-24(26,27)28)32-12-18-17(23(32)34)7-8-29-21(18)31-20(33)9-15-5-3-2-4-6-15/h7-8,10-11,14-15H,2-6,9,12-13H2,1H3,(H,29,31,33). The van der Waals surface area contributed by atoms with Gasteiger partial charge in [0.15, 0.2) is 6.61 Å². The van der Waals surface area contributed by atoms with Crippen LogP contribution in [0.4, 0.5) is 19.0 Å². The monoisotopic (exact) mass is 510 g/mol. The number of fused-ring (bicyclic) bond motifs is 1. The summed E-state index contributed by atoms with van der Waals surface area (Å²) in [5.74, 6) is 0.0638. The number of rotatable bonds is 7. The maximum atomic E-state index is 13.1. The highest BCUT2D eigenvalue weighted by Crippen LogP contribution is 2.36. The molecule has 2 amide bonds. The molecule has 7 nitrogen and oxygen atoms in total. The molecule has 2 aromatic heterocycles. The Morgan fingerprint density at radius 3 is 2.71 bits per heavy atom. The Morgan fingerprint density at radius 1 is 1.29 bits per heavy atom. The van der Waals surface area contributed by atoms with E-state index in [2.05, 4.69) is 20.0 Å². The van der Waals surface area contributed by atoms with Crippen molar-refractivity contribution in [1.82, 2.24) is 14.9 Å². The Labute approximate surface area is 206 Å². The number of nitrogens with zero attached hydrogens (tertiary/aromatic N) is 3. The number of nitrogens with one attached hydrogen (secondary N) is 1. The molecule has 0 saturated heterocycles. The first-order valence-electron chi connectivity index (χ1n) is 11.6. The molecule has 3 heterocycles. The van der Waals surface area contributed by atoms with Gasteiger partial charge in [0.25, 0.3) is 5.91 Å². The lowest BCUT2D eigenvalue weighted by molar-refractivity contribution is -0.154. The number of amides is 2. The van der Waals surface area contributed by atoms with Gasteiger partial charge in [0.2, 0.25) is 11.8 Å². The quantitative estimate of drug-likeness (QED) is 0.516. The first-order chi connectivity index (χ1) is 16.6. The van der Waals surface area contributed by atoms with Crippen LogP contribution < -0.4 is 10.1 Å². The van der Waals surface area contributed by atoms with Crippen LogP contribution in [0.1, 0.15) is 73.0 Å². The molecule has 1 N–H and O–H groups in total. The normalized spacial score (nSPS) is 17.3. The zero-order valence-corrected chi connectivity index (χ0v) is 20.0. The lowest BCUT2D eigenvalue weighted by Crippen LogP contribution is -2.27. The molecule has 1 aliphatic carbocycles. The Kier molecular flexibility index (Phi) is 7.49. The molecule has 35 heavy (non-hydrogen) atoms. The zero-order valence-electron chi connectivity index (χ0n) is 19.2. The molecular weight excluding hydrogens is 485 g/mol. The average molecular weight is 511 g/mol. The molecule has 0 spiro atoms. The Bertz CT molecular complexity index is 1110. The van der Waals surface area contributed by atoms with E-state index < -0.39 is 18.8 Å². The van der Waals surface area contributed by atoms with Gasteiger partial charge >= 0.3 is 6.18 Å². The number of hydrogen-bond donors (Lipinski definition) is 1. The van der Waals surface area contributed by atoms with Crippen molar-refractivity contribution >= 4 is 29.2 Å². The molecule has 1 aliphatic heterocycles. The van der Waals surface area contributed by atoms with Crippen LogP contribution in [-0.4, -0.2) is 39.5 Å². The second-order valence-corrected chi connectivity index (χ2v) is 9.42. The van der Waals surface area contributed by atoms with Gasteiger partial charge in [0.05, 0.1) is 12.6 Å². The highest BCUT2D eigenvalue weighted by atomic mass is 35.5. The summed E-state index contributed by atoms with van der Waals surface area (Å²) < 4.78 is 41.9. The summed E-state index contributed by atoms with van der Waals surface area (Å²) in [6.45, 7) is 0.477. The molecule has 1 fully saturated rings. The SMILES string of the molecule is CC(c1cnc(OCC(F)(F)F)c(Cl)c1)N1Cc2c(ccnc2NC(=O)CC2CCCCC2)C1=O. The number of hydrogen-bond acceptors (Lipinski definition) is 5. The Morgan fingerprint density at radius 2 is 2.03 bits per heavy atom. The van der Waals surface area contributed by atoms with Crippen LogP contribution >= 0.6 is 11.6 Å². The minimum Gasteiger partial charge on any atom is -0.467 e. The molecule has 2 aliphatic rings. The van der Waals surface area contributed by atoms with Crippen LogP contribution in [0.5, 0.6) is 5.88 Å². The minimum absolute atomic E-state index is 0.0832. The van der Waals surface area contributed by atoms with E-state index in [-0.39, 0.29) is 29.3 Å². The maximum absolute atomic E-state index is 13.1.